The number of carbonyl (C=O) groups is 1. The fourth-order valence-corrected chi connectivity index (χ4v) is 4.41. The molecule has 3 aromatic carbocycles. The van der Waals surface area contributed by atoms with E-state index in [1.807, 2.05) is 85.5 Å². The summed E-state index contributed by atoms with van der Waals surface area (Å²) in [6.45, 7) is 4.67. The van der Waals surface area contributed by atoms with E-state index in [0.29, 0.717) is 18.7 Å². The first-order chi connectivity index (χ1) is 15.1. The van der Waals surface area contributed by atoms with Crippen LogP contribution in [0.25, 0.3) is 11.0 Å². The number of aryl methyl sites for hydroxylation is 1. The van der Waals surface area contributed by atoms with Crippen molar-refractivity contribution < 1.29 is 4.79 Å². The van der Waals surface area contributed by atoms with Crippen molar-refractivity contribution in [2.75, 3.05) is 17.2 Å². The zero-order valence-electron chi connectivity index (χ0n) is 17.8. The summed E-state index contributed by atoms with van der Waals surface area (Å²) in [4.78, 5) is 24.6. The van der Waals surface area contributed by atoms with Gasteiger partial charge in [0.25, 0.3) is 0 Å². The van der Waals surface area contributed by atoms with E-state index in [2.05, 4.69) is 12.1 Å². The van der Waals surface area contributed by atoms with E-state index >= 15 is 0 Å². The third kappa shape index (κ3) is 5.12. The average molecular weight is 428 g/mol. The number of hydrogen-bond acceptors (Lipinski definition) is 4. The number of benzene rings is 3. The number of aromatic nitrogens is 2. The summed E-state index contributed by atoms with van der Waals surface area (Å²) in [5, 5.41) is 0.816. The molecule has 0 N–H and O–H groups in total. The molecule has 1 amide bonds. The van der Waals surface area contributed by atoms with Crippen LogP contribution in [0.4, 0.5) is 5.69 Å². The molecule has 0 atom stereocenters. The molecule has 4 nitrogen and oxygen atoms in total. The topological polar surface area (TPSA) is 46.1 Å². The highest BCUT2D eigenvalue weighted by Crippen LogP contribution is 2.26. The van der Waals surface area contributed by atoms with Crippen molar-refractivity contribution in [2.45, 2.75) is 25.3 Å². The van der Waals surface area contributed by atoms with Crippen LogP contribution in [0.1, 0.15) is 23.7 Å². The lowest BCUT2D eigenvalue weighted by Crippen LogP contribution is -2.32. The van der Waals surface area contributed by atoms with Gasteiger partial charge in [-0.25, -0.2) is 9.97 Å². The standard InChI is InChI=1S/C26H25N3OS/c1-3-29(21-13-9-10-19(2)16-21)25(30)18-31-26-24(17-20-11-5-4-6-12-20)27-22-14-7-8-15-23(22)28-26/h4-16H,3,17-18H2,1-2H3. The van der Waals surface area contributed by atoms with Crippen LogP contribution < -0.4 is 4.90 Å². The van der Waals surface area contributed by atoms with Gasteiger partial charge in [0, 0.05) is 18.7 Å². The van der Waals surface area contributed by atoms with Crippen LogP contribution in [-0.4, -0.2) is 28.2 Å². The fraction of sp³-hybridized carbons (Fsp3) is 0.192. The molecule has 5 heteroatoms. The van der Waals surface area contributed by atoms with Gasteiger partial charge in [-0.2, -0.15) is 0 Å². The van der Waals surface area contributed by atoms with Crippen LogP contribution in [-0.2, 0) is 11.2 Å². The van der Waals surface area contributed by atoms with Crippen molar-refractivity contribution in [3.63, 3.8) is 0 Å². The van der Waals surface area contributed by atoms with Crippen molar-refractivity contribution in [3.05, 3.63) is 95.7 Å². The first-order valence-corrected chi connectivity index (χ1v) is 11.4. The predicted molar refractivity (Wildman–Crippen MR) is 129 cm³/mol. The van der Waals surface area contributed by atoms with Gasteiger partial charge in [-0.15, -0.1) is 0 Å². The zero-order valence-corrected chi connectivity index (χ0v) is 18.6. The molecule has 0 fully saturated rings. The van der Waals surface area contributed by atoms with Crippen molar-refractivity contribution >= 4 is 34.4 Å². The lowest BCUT2D eigenvalue weighted by Gasteiger charge is -2.21. The first-order valence-electron chi connectivity index (χ1n) is 10.4. The van der Waals surface area contributed by atoms with Crippen LogP contribution in [0.2, 0.25) is 0 Å². The minimum absolute atomic E-state index is 0.0683. The molecule has 0 aliphatic rings. The third-order valence-corrected chi connectivity index (χ3v) is 6.08. The Kier molecular flexibility index (Phi) is 6.63. The molecule has 0 radical (unpaired) electrons. The second-order valence-electron chi connectivity index (χ2n) is 7.39. The number of para-hydroxylation sites is 2. The van der Waals surface area contributed by atoms with Gasteiger partial charge in [0.15, 0.2) is 0 Å². The Morgan fingerprint density at radius 1 is 0.903 bits per heavy atom. The van der Waals surface area contributed by atoms with Crippen molar-refractivity contribution in [2.24, 2.45) is 0 Å². The van der Waals surface area contributed by atoms with Crippen LogP contribution in [0.3, 0.4) is 0 Å². The highest BCUT2D eigenvalue weighted by Gasteiger charge is 2.17. The number of carbonyl (C=O) groups excluding carboxylic acids is 1. The Labute approximate surface area is 187 Å². The molecule has 0 aliphatic heterocycles. The molecular weight excluding hydrogens is 402 g/mol. The summed E-state index contributed by atoms with van der Waals surface area (Å²) >= 11 is 1.47. The molecule has 0 aliphatic carbocycles. The second kappa shape index (κ2) is 9.75. The Morgan fingerprint density at radius 3 is 2.32 bits per heavy atom. The van der Waals surface area contributed by atoms with Crippen LogP contribution in [0.5, 0.6) is 0 Å². The maximum absolute atomic E-state index is 13.0. The summed E-state index contributed by atoms with van der Waals surface area (Å²) in [5.74, 6) is 0.384. The number of amides is 1. The number of nitrogens with zero attached hydrogens (tertiary/aromatic N) is 3. The maximum Gasteiger partial charge on any atom is 0.237 e. The van der Waals surface area contributed by atoms with E-state index in [4.69, 9.17) is 9.97 Å². The summed E-state index contributed by atoms with van der Waals surface area (Å²) in [6.07, 6.45) is 0.685. The molecule has 4 aromatic rings. The molecule has 0 saturated carbocycles. The smallest absolute Gasteiger partial charge is 0.237 e. The van der Waals surface area contributed by atoms with E-state index in [1.165, 1.54) is 17.3 Å². The molecule has 1 heterocycles. The van der Waals surface area contributed by atoms with Crippen molar-refractivity contribution in [3.8, 4) is 0 Å². The lowest BCUT2D eigenvalue weighted by atomic mass is 10.1. The largest absolute Gasteiger partial charge is 0.312 e. The number of thioether (sulfide) groups is 1. The molecule has 156 valence electrons. The molecule has 0 unspecified atom stereocenters. The molecular formula is C26H25N3OS. The van der Waals surface area contributed by atoms with Gasteiger partial charge in [-0.3, -0.25) is 4.79 Å². The van der Waals surface area contributed by atoms with Gasteiger partial charge in [0.1, 0.15) is 5.03 Å². The number of anilines is 1. The number of rotatable bonds is 7. The van der Waals surface area contributed by atoms with E-state index < -0.39 is 0 Å². The SMILES string of the molecule is CCN(C(=O)CSc1nc2ccccc2nc1Cc1ccccc1)c1cccc(C)c1. The fourth-order valence-electron chi connectivity index (χ4n) is 3.55. The zero-order chi connectivity index (χ0) is 21.6. The van der Waals surface area contributed by atoms with Crippen LogP contribution >= 0.6 is 11.8 Å². The number of hydrogen-bond donors (Lipinski definition) is 0. The van der Waals surface area contributed by atoms with Gasteiger partial charge in [-0.1, -0.05) is 66.4 Å². The highest BCUT2D eigenvalue weighted by atomic mass is 32.2. The minimum atomic E-state index is 0.0683. The van der Waals surface area contributed by atoms with Gasteiger partial charge >= 0.3 is 0 Å². The first kappa shape index (κ1) is 21.1. The Hall–Kier alpha value is -3.18. The minimum Gasteiger partial charge on any atom is -0.312 e. The van der Waals surface area contributed by atoms with Gasteiger partial charge < -0.3 is 4.90 Å². The molecule has 4 rings (SSSR count). The van der Waals surface area contributed by atoms with E-state index in [1.54, 1.807) is 0 Å². The third-order valence-electron chi connectivity index (χ3n) is 5.08. The lowest BCUT2D eigenvalue weighted by molar-refractivity contribution is -0.116. The Bertz CT molecular complexity index is 1190. The predicted octanol–water partition coefficient (Wildman–Crippen LogP) is 5.67. The van der Waals surface area contributed by atoms with Crippen LogP contribution in [0, 0.1) is 6.92 Å². The average Bonchev–Trinajstić information content (AvgIpc) is 2.79. The molecule has 31 heavy (non-hydrogen) atoms. The normalized spacial score (nSPS) is 10.9. The van der Waals surface area contributed by atoms with Crippen molar-refractivity contribution in [1.82, 2.24) is 9.97 Å². The summed E-state index contributed by atoms with van der Waals surface area (Å²) < 4.78 is 0. The molecule has 0 bridgehead atoms. The van der Waals surface area contributed by atoms with Crippen molar-refractivity contribution in [1.29, 1.82) is 0 Å². The summed E-state index contributed by atoms with van der Waals surface area (Å²) in [5.41, 5.74) is 5.88. The van der Waals surface area contributed by atoms with E-state index in [9.17, 15) is 4.79 Å². The van der Waals surface area contributed by atoms with E-state index in [0.717, 1.165) is 33.0 Å². The molecule has 0 spiro atoms. The highest BCUT2D eigenvalue weighted by molar-refractivity contribution is 8.00. The quantitative estimate of drug-likeness (QED) is 0.356. The van der Waals surface area contributed by atoms with Crippen LogP contribution in [0.15, 0.2) is 83.9 Å². The Morgan fingerprint density at radius 2 is 1.61 bits per heavy atom. The monoisotopic (exact) mass is 427 g/mol. The number of fused-ring (bicyclic) bond motifs is 1. The van der Waals surface area contributed by atoms with E-state index in [-0.39, 0.29) is 5.91 Å². The molecule has 1 aromatic heterocycles. The summed E-state index contributed by atoms with van der Waals surface area (Å²) in [6, 6.07) is 26.2. The Balaban J connectivity index is 1.59. The second-order valence-corrected chi connectivity index (χ2v) is 8.36. The summed E-state index contributed by atoms with van der Waals surface area (Å²) in [7, 11) is 0. The molecule has 0 saturated heterocycles. The van der Waals surface area contributed by atoms with Gasteiger partial charge in [-0.05, 0) is 49.2 Å². The maximum atomic E-state index is 13.0. The van der Waals surface area contributed by atoms with Gasteiger partial charge in [0.05, 0.1) is 22.5 Å². The van der Waals surface area contributed by atoms with Gasteiger partial charge in [0.2, 0.25) is 5.91 Å².